The van der Waals surface area contributed by atoms with Crippen molar-refractivity contribution in [1.29, 1.82) is 0 Å². The lowest BCUT2D eigenvalue weighted by Crippen LogP contribution is -1.91. The third-order valence-electron chi connectivity index (χ3n) is 5.61. The molecule has 4 heteroatoms. The van der Waals surface area contributed by atoms with Crippen LogP contribution in [0.15, 0.2) is 59.3 Å². The van der Waals surface area contributed by atoms with E-state index in [0.717, 1.165) is 11.5 Å². The molecule has 0 saturated heterocycles. The van der Waals surface area contributed by atoms with Gasteiger partial charge in [-0.05, 0) is 69.4 Å². The first-order valence-electron chi connectivity index (χ1n) is 9.07. The highest BCUT2D eigenvalue weighted by Gasteiger charge is 2.34. The molecule has 0 amide bonds. The summed E-state index contributed by atoms with van der Waals surface area (Å²) >= 11 is 3.63. The van der Waals surface area contributed by atoms with Gasteiger partial charge in [-0.1, -0.05) is 12.1 Å². The van der Waals surface area contributed by atoms with E-state index in [2.05, 4.69) is 59.3 Å². The van der Waals surface area contributed by atoms with Crippen LogP contribution >= 0.6 is 22.7 Å². The molecule has 136 valence electrons. The lowest BCUT2D eigenvalue weighted by atomic mass is 9.96. The molecule has 0 spiro atoms. The molecule has 2 aromatic carbocycles. The maximum atomic E-state index is 5.55. The lowest BCUT2D eigenvalue weighted by molar-refractivity contribution is 0.414. The molecule has 0 saturated carbocycles. The predicted octanol–water partition coefficient (Wildman–Crippen LogP) is 6.80. The highest BCUT2D eigenvalue weighted by Crippen LogP contribution is 2.57. The van der Waals surface area contributed by atoms with Gasteiger partial charge in [0.15, 0.2) is 0 Å². The Morgan fingerprint density at radius 1 is 0.536 bits per heavy atom. The van der Waals surface area contributed by atoms with E-state index in [4.69, 9.17) is 9.47 Å². The molecule has 2 aromatic heterocycles. The predicted molar refractivity (Wildman–Crippen MR) is 118 cm³/mol. The van der Waals surface area contributed by atoms with Crippen molar-refractivity contribution >= 4 is 33.8 Å². The summed E-state index contributed by atoms with van der Waals surface area (Å²) < 4.78 is 11.1. The zero-order valence-corrected chi connectivity index (χ0v) is 17.0. The van der Waals surface area contributed by atoms with Crippen LogP contribution in [0.3, 0.4) is 0 Å². The fourth-order valence-electron chi connectivity index (χ4n) is 4.36. The number of fused-ring (bicyclic) bond motifs is 6. The van der Waals surface area contributed by atoms with Crippen molar-refractivity contribution in [3.05, 3.63) is 80.2 Å². The molecule has 0 N–H and O–H groups in total. The van der Waals surface area contributed by atoms with Crippen LogP contribution in [0.4, 0.5) is 0 Å². The van der Waals surface area contributed by atoms with Crippen molar-refractivity contribution in [3.63, 3.8) is 0 Å². The summed E-state index contributed by atoms with van der Waals surface area (Å²) in [5, 5.41) is 4.38. The summed E-state index contributed by atoms with van der Waals surface area (Å²) in [6.45, 7) is 0. The summed E-state index contributed by atoms with van der Waals surface area (Å²) in [5.41, 5.74) is 10.4. The quantitative estimate of drug-likeness (QED) is 0.318. The topological polar surface area (TPSA) is 18.5 Å². The Labute approximate surface area is 171 Å². The Morgan fingerprint density at radius 3 is 1.43 bits per heavy atom. The van der Waals surface area contributed by atoms with Gasteiger partial charge in [0, 0.05) is 32.0 Å². The third-order valence-corrected chi connectivity index (χ3v) is 7.47. The van der Waals surface area contributed by atoms with E-state index in [1.54, 1.807) is 14.2 Å². The molecule has 2 heterocycles. The number of thiophene rings is 2. The van der Waals surface area contributed by atoms with E-state index in [1.165, 1.54) is 54.3 Å². The van der Waals surface area contributed by atoms with Crippen molar-refractivity contribution in [3.8, 4) is 33.8 Å². The first kappa shape index (κ1) is 16.2. The second-order valence-electron chi connectivity index (χ2n) is 6.90. The lowest BCUT2D eigenvalue weighted by Gasteiger charge is -2.11. The van der Waals surface area contributed by atoms with Crippen LogP contribution in [0.25, 0.3) is 33.4 Å². The third kappa shape index (κ3) is 2.02. The number of benzene rings is 2. The summed E-state index contributed by atoms with van der Waals surface area (Å²) in [7, 11) is 3.46. The zero-order valence-electron chi connectivity index (χ0n) is 15.4. The van der Waals surface area contributed by atoms with Crippen molar-refractivity contribution in [1.82, 2.24) is 0 Å². The van der Waals surface area contributed by atoms with Crippen LogP contribution in [-0.4, -0.2) is 14.2 Å². The molecule has 0 fully saturated rings. The molecule has 28 heavy (non-hydrogen) atoms. The minimum Gasteiger partial charge on any atom is -0.497 e. The van der Waals surface area contributed by atoms with E-state index >= 15 is 0 Å². The van der Waals surface area contributed by atoms with Crippen molar-refractivity contribution in [2.24, 2.45) is 0 Å². The zero-order chi connectivity index (χ0) is 18.8. The fraction of sp³-hybridized carbons (Fsp3) is 0.0833. The number of hydrogen-bond acceptors (Lipinski definition) is 4. The van der Waals surface area contributed by atoms with Gasteiger partial charge in [0.05, 0.1) is 14.2 Å². The molecule has 2 nitrogen and oxygen atoms in total. The minimum atomic E-state index is 0.891. The molecular formula is C24H16O2S2. The van der Waals surface area contributed by atoms with Gasteiger partial charge < -0.3 is 9.47 Å². The first-order valence-corrected chi connectivity index (χ1v) is 10.8. The normalized spacial score (nSPS) is 15.8. The highest BCUT2D eigenvalue weighted by atomic mass is 32.1. The van der Waals surface area contributed by atoms with Gasteiger partial charge in [-0.2, -0.15) is 0 Å². The summed E-state index contributed by atoms with van der Waals surface area (Å²) in [6.07, 6.45) is 0. The van der Waals surface area contributed by atoms with Crippen LogP contribution in [-0.2, 0) is 0 Å². The van der Waals surface area contributed by atoms with E-state index < -0.39 is 0 Å². The van der Waals surface area contributed by atoms with Crippen LogP contribution in [0, 0.1) is 0 Å². The molecule has 0 radical (unpaired) electrons. The van der Waals surface area contributed by atoms with E-state index in [9.17, 15) is 0 Å². The van der Waals surface area contributed by atoms with Crippen LogP contribution < -0.4 is 9.47 Å². The van der Waals surface area contributed by atoms with Gasteiger partial charge in [-0.3, -0.25) is 0 Å². The van der Waals surface area contributed by atoms with Gasteiger partial charge in [0.1, 0.15) is 11.5 Å². The van der Waals surface area contributed by atoms with Crippen LogP contribution in [0.1, 0.15) is 20.9 Å². The van der Waals surface area contributed by atoms with E-state index in [0.29, 0.717) is 0 Å². The van der Waals surface area contributed by atoms with Crippen molar-refractivity contribution in [2.45, 2.75) is 0 Å². The van der Waals surface area contributed by atoms with E-state index in [-0.39, 0.29) is 0 Å². The molecule has 2 aliphatic carbocycles. The molecule has 0 bridgehead atoms. The Morgan fingerprint density at radius 2 is 1.00 bits per heavy atom. The largest absolute Gasteiger partial charge is 0.497 e. The minimum absolute atomic E-state index is 0.891. The molecule has 4 aromatic rings. The van der Waals surface area contributed by atoms with Gasteiger partial charge in [-0.15, -0.1) is 22.7 Å². The Balaban J connectivity index is 1.75. The first-order chi connectivity index (χ1) is 13.8. The molecule has 0 atom stereocenters. The Hall–Kier alpha value is -2.82. The van der Waals surface area contributed by atoms with Crippen LogP contribution in [0.5, 0.6) is 11.5 Å². The number of rotatable bonds is 2. The van der Waals surface area contributed by atoms with Gasteiger partial charge >= 0.3 is 0 Å². The SMILES string of the molecule is COc1ccc2c(c1)/C(=C1/c3cc(OC)ccc3-c3ccsc31)c1sccc1-2. The summed E-state index contributed by atoms with van der Waals surface area (Å²) in [6, 6.07) is 17.3. The smallest absolute Gasteiger partial charge is 0.119 e. The Bertz CT molecular complexity index is 1190. The molecule has 0 aliphatic heterocycles. The molecule has 2 aliphatic rings. The molecular weight excluding hydrogens is 384 g/mol. The number of hydrogen-bond donors (Lipinski definition) is 0. The highest BCUT2D eigenvalue weighted by molar-refractivity contribution is 7.13. The summed E-state index contributed by atoms with van der Waals surface area (Å²) in [5.74, 6) is 1.78. The fourth-order valence-corrected chi connectivity index (χ4v) is 6.31. The van der Waals surface area contributed by atoms with Crippen molar-refractivity contribution in [2.75, 3.05) is 14.2 Å². The van der Waals surface area contributed by atoms with E-state index in [1.807, 2.05) is 22.7 Å². The summed E-state index contributed by atoms with van der Waals surface area (Å²) in [4.78, 5) is 2.68. The second kappa shape index (κ2) is 5.84. The van der Waals surface area contributed by atoms with Gasteiger partial charge in [-0.25, -0.2) is 0 Å². The average Bonchev–Trinajstić information content (AvgIpc) is 3.48. The Kier molecular flexibility index (Phi) is 3.37. The molecule has 0 unspecified atom stereocenters. The number of ether oxygens (including phenoxy) is 2. The standard InChI is InChI=1S/C24H16O2S2/c1-25-13-3-5-15-17-7-9-27-23(17)21(19(15)11-13)22-20-12-14(26-2)4-6-16(20)18-8-10-28-24(18)22/h3-12H,1-2H3/b22-21+. The number of methoxy groups -OCH3 is 2. The van der Waals surface area contributed by atoms with Gasteiger partial charge in [0.2, 0.25) is 0 Å². The maximum Gasteiger partial charge on any atom is 0.119 e. The van der Waals surface area contributed by atoms with Gasteiger partial charge in [0.25, 0.3) is 0 Å². The maximum absolute atomic E-state index is 5.55. The van der Waals surface area contributed by atoms with Crippen molar-refractivity contribution < 1.29 is 9.47 Å². The monoisotopic (exact) mass is 400 g/mol. The second-order valence-corrected chi connectivity index (χ2v) is 8.73. The van der Waals surface area contributed by atoms with Crippen LogP contribution in [0.2, 0.25) is 0 Å². The average molecular weight is 401 g/mol. The molecule has 6 rings (SSSR count).